The first-order valence-corrected chi connectivity index (χ1v) is 8.56. The Hall–Kier alpha value is -1.93. The van der Waals surface area contributed by atoms with Gasteiger partial charge in [-0.2, -0.15) is 0 Å². The maximum atomic E-state index is 12.1. The Morgan fingerprint density at radius 1 is 1.36 bits per heavy atom. The van der Waals surface area contributed by atoms with Gasteiger partial charge in [0.15, 0.2) is 0 Å². The first-order valence-electron chi connectivity index (χ1n) is 7.07. The van der Waals surface area contributed by atoms with Gasteiger partial charge in [0.05, 0.1) is 4.90 Å². The third-order valence-corrected chi connectivity index (χ3v) is 4.96. The summed E-state index contributed by atoms with van der Waals surface area (Å²) in [5.41, 5.74) is 5.28. The predicted octanol–water partition coefficient (Wildman–Crippen LogP) is 0.0763. The molecule has 0 bridgehead atoms. The van der Waals surface area contributed by atoms with Crippen molar-refractivity contribution in [2.45, 2.75) is 24.2 Å². The van der Waals surface area contributed by atoms with Gasteiger partial charge < -0.3 is 10.6 Å². The van der Waals surface area contributed by atoms with Gasteiger partial charge in [0.25, 0.3) is 0 Å². The zero-order valence-electron chi connectivity index (χ0n) is 12.1. The fraction of sp³-hybridized carbons (Fsp3) is 0.429. The minimum Gasteiger partial charge on any atom is -0.366 e. The van der Waals surface area contributed by atoms with Crippen molar-refractivity contribution in [3.63, 3.8) is 0 Å². The summed E-state index contributed by atoms with van der Waals surface area (Å²) in [6.07, 6.45) is 1.98. The number of rotatable bonds is 7. The van der Waals surface area contributed by atoms with E-state index in [0.29, 0.717) is 19.4 Å². The molecule has 1 saturated heterocycles. The molecule has 1 fully saturated rings. The molecule has 7 nitrogen and oxygen atoms in total. The maximum absolute atomic E-state index is 12.1. The van der Waals surface area contributed by atoms with E-state index in [9.17, 15) is 18.0 Å². The molecular formula is C14H19N3O4S. The number of amides is 2. The second-order valence-corrected chi connectivity index (χ2v) is 6.89. The highest BCUT2D eigenvalue weighted by molar-refractivity contribution is 7.89. The Bertz CT molecular complexity index is 672. The zero-order valence-corrected chi connectivity index (χ0v) is 12.9. The second-order valence-electron chi connectivity index (χ2n) is 5.13. The average molecular weight is 325 g/mol. The number of primary amides is 1. The number of benzene rings is 1. The molecule has 1 aliphatic heterocycles. The summed E-state index contributed by atoms with van der Waals surface area (Å²) in [5, 5.41) is 0. The Morgan fingerprint density at radius 3 is 2.77 bits per heavy atom. The van der Waals surface area contributed by atoms with Gasteiger partial charge in [-0.25, -0.2) is 13.1 Å². The Kier molecular flexibility index (Phi) is 5.15. The van der Waals surface area contributed by atoms with Crippen molar-refractivity contribution in [2.75, 3.05) is 19.6 Å². The van der Waals surface area contributed by atoms with Crippen LogP contribution in [0.5, 0.6) is 0 Å². The van der Waals surface area contributed by atoms with E-state index in [1.165, 1.54) is 24.3 Å². The monoisotopic (exact) mass is 325 g/mol. The number of sulfonamides is 1. The highest BCUT2D eigenvalue weighted by Gasteiger charge is 2.20. The largest absolute Gasteiger partial charge is 0.366 e. The summed E-state index contributed by atoms with van der Waals surface area (Å²) in [7, 11) is -3.69. The highest BCUT2D eigenvalue weighted by Crippen LogP contribution is 2.12. The van der Waals surface area contributed by atoms with Gasteiger partial charge in [-0.3, -0.25) is 9.59 Å². The number of nitrogens with zero attached hydrogens (tertiary/aromatic N) is 1. The lowest BCUT2D eigenvalue weighted by molar-refractivity contribution is -0.127. The van der Waals surface area contributed by atoms with E-state index >= 15 is 0 Å². The van der Waals surface area contributed by atoms with E-state index in [-0.39, 0.29) is 22.9 Å². The molecule has 1 heterocycles. The number of likely N-dealkylation sites (tertiary alicyclic amines) is 1. The molecule has 0 radical (unpaired) electrons. The van der Waals surface area contributed by atoms with Crippen LogP contribution < -0.4 is 10.5 Å². The fourth-order valence-corrected chi connectivity index (χ4v) is 3.44. The van der Waals surface area contributed by atoms with Crippen molar-refractivity contribution in [3.8, 4) is 0 Å². The van der Waals surface area contributed by atoms with Crippen molar-refractivity contribution >= 4 is 21.8 Å². The van der Waals surface area contributed by atoms with E-state index < -0.39 is 15.9 Å². The van der Waals surface area contributed by atoms with Crippen molar-refractivity contribution < 1.29 is 18.0 Å². The van der Waals surface area contributed by atoms with Gasteiger partial charge in [0.2, 0.25) is 21.8 Å². The van der Waals surface area contributed by atoms with Crippen LogP contribution in [-0.2, 0) is 14.8 Å². The smallest absolute Gasteiger partial charge is 0.248 e. The van der Waals surface area contributed by atoms with Crippen LogP contribution >= 0.6 is 0 Å². The van der Waals surface area contributed by atoms with Crippen LogP contribution in [0.4, 0.5) is 0 Å². The molecule has 0 unspecified atom stereocenters. The van der Waals surface area contributed by atoms with Crippen LogP contribution in [-0.4, -0.2) is 44.8 Å². The van der Waals surface area contributed by atoms with Gasteiger partial charge in [-0.05, 0) is 31.0 Å². The van der Waals surface area contributed by atoms with Crippen LogP contribution in [0.1, 0.15) is 29.6 Å². The molecule has 0 spiro atoms. The lowest BCUT2D eigenvalue weighted by atomic mass is 10.2. The molecule has 0 aromatic heterocycles. The highest BCUT2D eigenvalue weighted by atomic mass is 32.2. The summed E-state index contributed by atoms with van der Waals surface area (Å²) in [4.78, 5) is 24.3. The number of hydrogen-bond donors (Lipinski definition) is 2. The summed E-state index contributed by atoms with van der Waals surface area (Å²) in [6.45, 7) is 1.52. The SMILES string of the molecule is NC(=O)c1cccc(S(=O)(=O)NCCCN2CCCC2=O)c1. The van der Waals surface area contributed by atoms with Gasteiger partial charge >= 0.3 is 0 Å². The Morgan fingerprint density at radius 2 is 2.14 bits per heavy atom. The molecule has 0 atom stereocenters. The van der Waals surface area contributed by atoms with E-state index in [0.717, 1.165) is 13.0 Å². The summed E-state index contributed by atoms with van der Waals surface area (Å²) >= 11 is 0. The minimum atomic E-state index is -3.69. The summed E-state index contributed by atoms with van der Waals surface area (Å²) in [5.74, 6) is -0.554. The number of nitrogens with two attached hydrogens (primary N) is 1. The van der Waals surface area contributed by atoms with Crippen molar-refractivity contribution in [1.29, 1.82) is 0 Å². The fourth-order valence-electron chi connectivity index (χ4n) is 2.32. The van der Waals surface area contributed by atoms with Gasteiger partial charge in [0, 0.05) is 31.6 Å². The zero-order chi connectivity index (χ0) is 16.2. The molecule has 0 aliphatic carbocycles. The lowest BCUT2D eigenvalue weighted by Gasteiger charge is -2.15. The summed E-state index contributed by atoms with van der Waals surface area (Å²) in [6, 6.07) is 5.57. The van der Waals surface area contributed by atoms with Gasteiger partial charge in [0.1, 0.15) is 0 Å². The van der Waals surface area contributed by atoms with E-state index in [2.05, 4.69) is 4.72 Å². The number of carbonyl (C=O) groups excluding carboxylic acids is 2. The van der Waals surface area contributed by atoms with Crippen LogP contribution in [0.15, 0.2) is 29.2 Å². The molecule has 2 rings (SSSR count). The van der Waals surface area contributed by atoms with Crippen molar-refractivity contribution in [1.82, 2.24) is 9.62 Å². The number of nitrogens with one attached hydrogen (secondary N) is 1. The molecular weight excluding hydrogens is 306 g/mol. The Labute approximate surface area is 129 Å². The van der Waals surface area contributed by atoms with Gasteiger partial charge in [-0.15, -0.1) is 0 Å². The quantitative estimate of drug-likeness (QED) is 0.692. The van der Waals surface area contributed by atoms with Gasteiger partial charge in [-0.1, -0.05) is 6.07 Å². The molecule has 1 aromatic rings. The van der Waals surface area contributed by atoms with Crippen LogP contribution in [0.25, 0.3) is 0 Å². The topological polar surface area (TPSA) is 110 Å². The van der Waals surface area contributed by atoms with Crippen molar-refractivity contribution in [2.24, 2.45) is 5.73 Å². The van der Waals surface area contributed by atoms with Crippen molar-refractivity contribution in [3.05, 3.63) is 29.8 Å². The first kappa shape index (κ1) is 16.4. The molecule has 8 heteroatoms. The average Bonchev–Trinajstić information content (AvgIpc) is 2.89. The molecule has 1 aromatic carbocycles. The van der Waals surface area contributed by atoms with E-state index in [1.807, 2.05) is 0 Å². The van der Waals surface area contributed by atoms with Crippen LogP contribution in [0.3, 0.4) is 0 Å². The predicted molar refractivity (Wildman–Crippen MR) is 80.6 cm³/mol. The molecule has 3 N–H and O–H groups in total. The third-order valence-electron chi connectivity index (χ3n) is 3.50. The molecule has 22 heavy (non-hydrogen) atoms. The standard InChI is InChI=1S/C14H19N3O4S/c15-14(19)11-4-1-5-12(10-11)22(20,21)16-7-3-9-17-8-2-6-13(17)18/h1,4-5,10,16H,2-3,6-9H2,(H2,15,19). The summed E-state index contributed by atoms with van der Waals surface area (Å²) < 4.78 is 26.7. The minimum absolute atomic E-state index is 0.000971. The van der Waals surface area contributed by atoms with Crippen LogP contribution in [0.2, 0.25) is 0 Å². The Balaban J connectivity index is 1.89. The van der Waals surface area contributed by atoms with E-state index in [4.69, 9.17) is 5.73 Å². The third kappa shape index (κ3) is 4.05. The molecule has 1 aliphatic rings. The number of carbonyl (C=O) groups is 2. The van der Waals surface area contributed by atoms with E-state index in [1.54, 1.807) is 4.90 Å². The molecule has 2 amide bonds. The van der Waals surface area contributed by atoms with Crippen LogP contribution in [0, 0.1) is 0 Å². The lowest BCUT2D eigenvalue weighted by Crippen LogP contribution is -2.30. The number of hydrogen-bond acceptors (Lipinski definition) is 4. The maximum Gasteiger partial charge on any atom is 0.248 e. The molecule has 0 saturated carbocycles. The second kappa shape index (κ2) is 6.89. The first-order chi connectivity index (χ1) is 10.4. The normalized spacial score (nSPS) is 15.3. The molecule has 120 valence electrons.